The predicted octanol–water partition coefficient (Wildman–Crippen LogP) is 3.10. The van der Waals surface area contributed by atoms with Gasteiger partial charge in [0.2, 0.25) is 0 Å². The van der Waals surface area contributed by atoms with E-state index in [1.54, 1.807) is 0 Å². The van der Waals surface area contributed by atoms with Crippen molar-refractivity contribution in [1.29, 1.82) is 5.26 Å². The fourth-order valence-electron chi connectivity index (χ4n) is 1.68. The Morgan fingerprint density at radius 1 is 1.43 bits per heavy atom. The number of thioether (sulfide) groups is 1. The summed E-state index contributed by atoms with van der Waals surface area (Å²) in [6.45, 7) is 9.18. The molecular formula is C16H22N2O2S. The maximum atomic E-state index is 11.7. The Kier molecular flexibility index (Phi) is 6.73. The number of hydrogen-bond acceptors (Lipinski definition) is 5. The number of nitrogens with zero attached hydrogens (tertiary/aromatic N) is 1. The molecular weight excluding hydrogens is 284 g/mol. The summed E-state index contributed by atoms with van der Waals surface area (Å²) < 4.78 is 5.26. The van der Waals surface area contributed by atoms with Gasteiger partial charge in [0.25, 0.3) is 0 Å². The lowest BCUT2D eigenvalue weighted by Crippen LogP contribution is -2.24. The second-order valence-electron chi connectivity index (χ2n) is 5.60. The summed E-state index contributed by atoms with van der Waals surface area (Å²) >= 11 is 1.34. The molecule has 1 aromatic carbocycles. The average molecular weight is 306 g/mol. The van der Waals surface area contributed by atoms with Gasteiger partial charge in [0.1, 0.15) is 11.7 Å². The SMILES string of the molecule is CCNCc1ccc(SCC(=O)OC(C)(C)C)c(C#N)c1. The van der Waals surface area contributed by atoms with Crippen LogP contribution in [0.15, 0.2) is 23.1 Å². The maximum absolute atomic E-state index is 11.7. The number of carbonyl (C=O) groups is 1. The number of carbonyl (C=O) groups excluding carboxylic acids is 1. The van der Waals surface area contributed by atoms with Crippen LogP contribution in [-0.2, 0) is 16.1 Å². The minimum absolute atomic E-state index is 0.207. The molecule has 0 fully saturated rings. The van der Waals surface area contributed by atoms with Crippen molar-refractivity contribution in [3.05, 3.63) is 29.3 Å². The molecule has 0 radical (unpaired) electrons. The molecule has 0 saturated carbocycles. The van der Waals surface area contributed by atoms with Crippen LogP contribution in [0.25, 0.3) is 0 Å². The summed E-state index contributed by atoms with van der Waals surface area (Å²) in [7, 11) is 0. The summed E-state index contributed by atoms with van der Waals surface area (Å²) in [5.74, 6) is -0.0634. The average Bonchev–Trinajstić information content (AvgIpc) is 2.41. The zero-order valence-corrected chi connectivity index (χ0v) is 13.8. The first kappa shape index (κ1) is 17.5. The van der Waals surface area contributed by atoms with Gasteiger partial charge >= 0.3 is 5.97 Å². The molecule has 0 spiro atoms. The Morgan fingerprint density at radius 2 is 2.14 bits per heavy atom. The van der Waals surface area contributed by atoms with Gasteiger partial charge in [0.15, 0.2) is 0 Å². The van der Waals surface area contributed by atoms with Crippen molar-refractivity contribution >= 4 is 17.7 Å². The fraction of sp³-hybridized carbons (Fsp3) is 0.500. The van der Waals surface area contributed by atoms with Crippen LogP contribution in [-0.4, -0.2) is 23.9 Å². The van der Waals surface area contributed by atoms with Gasteiger partial charge in [-0.15, -0.1) is 11.8 Å². The number of benzene rings is 1. The van der Waals surface area contributed by atoms with E-state index in [9.17, 15) is 10.1 Å². The lowest BCUT2D eigenvalue weighted by molar-refractivity contribution is -0.151. The summed E-state index contributed by atoms with van der Waals surface area (Å²) in [5.41, 5.74) is 1.18. The molecule has 4 nitrogen and oxygen atoms in total. The summed E-state index contributed by atoms with van der Waals surface area (Å²) in [4.78, 5) is 12.5. The predicted molar refractivity (Wildman–Crippen MR) is 85.1 cm³/mol. The highest BCUT2D eigenvalue weighted by Crippen LogP contribution is 2.24. The highest BCUT2D eigenvalue weighted by atomic mass is 32.2. The van der Waals surface area contributed by atoms with Crippen LogP contribution >= 0.6 is 11.8 Å². The normalized spacial score (nSPS) is 11.0. The van der Waals surface area contributed by atoms with Crippen molar-refractivity contribution in [2.24, 2.45) is 0 Å². The molecule has 0 heterocycles. The molecule has 0 aromatic heterocycles. The van der Waals surface area contributed by atoms with Gasteiger partial charge in [0.05, 0.1) is 11.3 Å². The van der Waals surface area contributed by atoms with E-state index in [1.165, 1.54) is 11.8 Å². The molecule has 0 aliphatic heterocycles. The number of nitrogens with one attached hydrogen (secondary N) is 1. The van der Waals surface area contributed by atoms with Crippen molar-refractivity contribution in [2.45, 2.75) is 44.7 Å². The largest absolute Gasteiger partial charge is 0.459 e. The third kappa shape index (κ3) is 6.65. The van der Waals surface area contributed by atoms with Gasteiger partial charge in [-0.3, -0.25) is 4.79 Å². The molecule has 1 aromatic rings. The second-order valence-corrected chi connectivity index (χ2v) is 6.61. The van der Waals surface area contributed by atoms with E-state index in [4.69, 9.17) is 4.74 Å². The number of ether oxygens (including phenoxy) is 1. The van der Waals surface area contributed by atoms with Crippen molar-refractivity contribution < 1.29 is 9.53 Å². The van der Waals surface area contributed by atoms with Crippen molar-refractivity contribution in [3.63, 3.8) is 0 Å². The van der Waals surface area contributed by atoms with Crippen molar-refractivity contribution in [1.82, 2.24) is 5.32 Å². The molecule has 0 bridgehead atoms. The molecule has 0 aliphatic carbocycles. The molecule has 0 amide bonds. The lowest BCUT2D eigenvalue weighted by Gasteiger charge is -2.19. The molecule has 1 rings (SSSR count). The summed E-state index contributed by atoms with van der Waals surface area (Å²) in [5, 5.41) is 12.4. The third-order valence-corrected chi connectivity index (χ3v) is 3.56. The Bertz CT molecular complexity index is 530. The van der Waals surface area contributed by atoms with Crippen LogP contribution in [0, 0.1) is 11.3 Å². The van der Waals surface area contributed by atoms with Crippen LogP contribution in [0.4, 0.5) is 0 Å². The van der Waals surface area contributed by atoms with Crippen LogP contribution in [0.1, 0.15) is 38.8 Å². The first-order valence-electron chi connectivity index (χ1n) is 6.94. The Balaban J connectivity index is 2.67. The zero-order valence-electron chi connectivity index (χ0n) is 13.0. The van der Waals surface area contributed by atoms with Gasteiger partial charge in [-0.25, -0.2) is 0 Å². The van der Waals surface area contributed by atoms with E-state index >= 15 is 0 Å². The van der Waals surface area contributed by atoms with E-state index in [0.29, 0.717) is 5.56 Å². The van der Waals surface area contributed by atoms with E-state index in [2.05, 4.69) is 11.4 Å². The van der Waals surface area contributed by atoms with Gasteiger partial charge in [0, 0.05) is 11.4 Å². The minimum atomic E-state index is -0.481. The van der Waals surface area contributed by atoms with Crippen LogP contribution < -0.4 is 5.32 Å². The molecule has 21 heavy (non-hydrogen) atoms. The highest BCUT2D eigenvalue weighted by molar-refractivity contribution is 8.00. The number of esters is 1. The first-order chi connectivity index (χ1) is 9.85. The minimum Gasteiger partial charge on any atom is -0.459 e. The third-order valence-electron chi connectivity index (χ3n) is 2.51. The smallest absolute Gasteiger partial charge is 0.316 e. The van der Waals surface area contributed by atoms with Gasteiger partial charge in [-0.05, 0) is 45.0 Å². The molecule has 0 unspecified atom stereocenters. The molecule has 114 valence electrons. The van der Waals surface area contributed by atoms with E-state index in [-0.39, 0.29) is 11.7 Å². The summed E-state index contributed by atoms with van der Waals surface area (Å²) in [6.07, 6.45) is 0. The highest BCUT2D eigenvalue weighted by Gasteiger charge is 2.16. The molecule has 5 heteroatoms. The number of nitriles is 1. The van der Waals surface area contributed by atoms with Gasteiger partial charge in [-0.2, -0.15) is 5.26 Å². The van der Waals surface area contributed by atoms with Crippen LogP contribution in [0.2, 0.25) is 0 Å². The lowest BCUT2D eigenvalue weighted by atomic mass is 10.1. The van der Waals surface area contributed by atoms with E-state index in [0.717, 1.165) is 23.5 Å². The molecule has 1 N–H and O–H groups in total. The monoisotopic (exact) mass is 306 g/mol. The first-order valence-corrected chi connectivity index (χ1v) is 7.92. The van der Waals surface area contributed by atoms with Crippen LogP contribution in [0.3, 0.4) is 0 Å². The second kappa shape index (κ2) is 8.06. The molecule has 0 atom stereocenters. The Labute approximate surface area is 130 Å². The topological polar surface area (TPSA) is 62.1 Å². The fourth-order valence-corrected chi connectivity index (χ4v) is 2.43. The Morgan fingerprint density at radius 3 is 2.71 bits per heavy atom. The maximum Gasteiger partial charge on any atom is 0.316 e. The molecule has 0 saturated heterocycles. The standard InChI is InChI=1S/C16H22N2O2S/c1-5-18-10-12-6-7-14(13(8-12)9-17)21-11-15(19)20-16(2,3)4/h6-8,18H,5,10-11H2,1-4H3. The number of rotatable bonds is 6. The van der Waals surface area contributed by atoms with E-state index in [1.807, 2.05) is 45.9 Å². The van der Waals surface area contributed by atoms with Gasteiger partial charge in [-0.1, -0.05) is 13.0 Å². The Hall–Kier alpha value is -1.51. The quantitative estimate of drug-likeness (QED) is 0.646. The number of hydrogen-bond donors (Lipinski definition) is 1. The summed E-state index contributed by atoms with van der Waals surface area (Å²) in [6, 6.07) is 7.91. The molecule has 0 aliphatic rings. The van der Waals surface area contributed by atoms with Crippen LogP contribution in [0.5, 0.6) is 0 Å². The van der Waals surface area contributed by atoms with Crippen molar-refractivity contribution in [3.8, 4) is 6.07 Å². The van der Waals surface area contributed by atoms with Gasteiger partial charge < -0.3 is 10.1 Å². The zero-order chi connectivity index (χ0) is 15.9. The van der Waals surface area contributed by atoms with E-state index < -0.39 is 5.60 Å². The van der Waals surface area contributed by atoms with Crippen molar-refractivity contribution in [2.75, 3.05) is 12.3 Å².